The van der Waals surface area contributed by atoms with Crippen LogP contribution in [0.25, 0.3) is 0 Å². The highest BCUT2D eigenvalue weighted by atomic mass is 16.3. The van der Waals surface area contributed by atoms with Gasteiger partial charge in [0.2, 0.25) is 5.95 Å². The number of anilines is 2. The van der Waals surface area contributed by atoms with Crippen LogP contribution in [0.3, 0.4) is 0 Å². The van der Waals surface area contributed by atoms with Crippen molar-refractivity contribution in [1.29, 1.82) is 0 Å². The molecule has 1 fully saturated rings. The number of hydrogen-bond acceptors (Lipinski definition) is 5. The van der Waals surface area contributed by atoms with E-state index in [-0.39, 0.29) is 12.1 Å². The van der Waals surface area contributed by atoms with Crippen LogP contribution in [0.2, 0.25) is 0 Å². The van der Waals surface area contributed by atoms with Crippen LogP contribution in [0.1, 0.15) is 25.7 Å². The van der Waals surface area contributed by atoms with E-state index in [1.165, 1.54) is 0 Å². The molecule has 15 heavy (non-hydrogen) atoms. The number of nitrogens with one attached hydrogen (secondary N) is 1. The molecule has 0 atom stereocenters. The molecule has 0 spiro atoms. The number of hydrogen-bond donors (Lipinski definition) is 3. The van der Waals surface area contributed by atoms with Gasteiger partial charge in [-0.05, 0) is 18.9 Å². The summed E-state index contributed by atoms with van der Waals surface area (Å²) in [6, 6.07) is 1.64. The molecular weight excluding hydrogens is 192 g/mol. The van der Waals surface area contributed by atoms with Crippen molar-refractivity contribution in [3.63, 3.8) is 0 Å². The summed E-state index contributed by atoms with van der Waals surface area (Å²) in [5.74, 6) is 0.949. The zero-order valence-electron chi connectivity index (χ0n) is 8.61. The van der Waals surface area contributed by atoms with E-state index < -0.39 is 0 Å². The lowest BCUT2D eigenvalue weighted by atomic mass is 9.99. The highest BCUT2D eigenvalue weighted by molar-refractivity contribution is 5.37. The second kappa shape index (κ2) is 4.02. The highest BCUT2D eigenvalue weighted by Crippen LogP contribution is 2.31. The normalized spacial score (nSPS) is 19.0. The van der Waals surface area contributed by atoms with Crippen molar-refractivity contribution in [2.45, 2.75) is 31.2 Å². The smallest absolute Gasteiger partial charge is 0.225 e. The number of rotatable bonds is 3. The second-order valence-electron chi connectivity index (χ2n) is 4.08. The quantitative estimate of drug-likeness (QED) is 0.683. The van der Waals surface area contributed by atoms with Gasteiger partial charge in [-0.2, -0.15) is 4.98 Å². The van der Waals surface area contributed by atoms with Crippen LogP contribution in [-0.2, 0) is 0 Å². The predicted octanol–water partition coefficient (Wildman–Crippen LogP) is 0.776. The Morgan fingerprint density at radius 1 is 1.47 bits per heavy atom. The van der Waals surface area contributed by atoms with Crippen molar-refractivity contribution < 1.29 is 5.11 Å². The molecule has 1 aromatic rings. The summed E-state index contributed by atoms with van der Waals surface area (Å²) in [7, 11) is 0. The molecule has 1 aliphatic rings. The zero-order chi connectivity index (χ0) is 10.7. The second-order valence-corrected chi connectivity index (χ2v) is 4.08. The van der Waals surface area contributed by atoms with E-state index >= 15 is 0 Å². The van der Waals surface area contributed by atoms with Gasteiger partial charge in [-0.15, -0.1) is 0 Å². The molecule has 2 rings (SSSR count). The Hall–Kier alpha value is -1.36. The van der Waals surface area contributed by atoms with Gasteiger partial charge in [-0.25, -0.2) is 4.98 Å². The summed E-state index contributed by atoms with van der Waals surface area (Å²) in [6.45, 7) is 0.116. The minimum absolute atomic E-state index is 0.116. The molecular formula is C10H16N4O. The summed E-state index contributed by atoms with van der Waals surface area (Å²) in [6.07, 6.45) is 5.81. The van der Waals surface area contributed by atoms with E-state index in [1.54, 1.807) is 12.3 Å². The van der Waals surface area contributed by atoms with Gasteiger partial charge in [0.25, 0.3) is 0 Å². The van der Waals surface area contributed by atoms with Crippen molar-refractivity contribution in [1.82, 2.24) is 9.97 Å². The number of nitrogens with two attached hydrogens (primary N) is 1. The first-order chi connectivity index (χ1) is 7.24. The fraction of sp³-hybridized carbons (Fsp3) is 0.600. The Labute approximate surface area is 88.7 Å². The van der Waals surface area contributed by atoms with Gasteiger partial charge in [-0.3, -0.25) is 0 Å². The van der Waals surface area contributed by atoms with Crippen LogP contribution >= 0.6 is 0 Å². The summed E-state index contributed by atoms with van der Waals surface area (Å²) in [5, 5.41) is 12.6. The average molecular weight is 208 g/mol. The lowest BCUT2D eigenvalue weighted by Crippen LogP contribution is -2.39. The third kappa shape index (κ3) is 2.18. The Morgan fingerprint density at radius 3 is 2.80 bits per heavy atom. The Balaban J connectivity index is 2.12. The molecule has 0 aromatic carbocycles. The number of aromatic nitrogens is 2. The predicted molar refractivity (Wildman–Crippen MR) is 58.4 cm³/mol. The molecule has 1 saturated carbocycles. The van der Waals surface area contributed by atoms with Crippen LogP contribution < -0.4 is 11.1 Å². The molecule has 1 aliphatic carbocycles. The maximum atomic E-state index is 9.40. The van der Waals surface area contributed by atoms with E-state index in [1.807, 2.05) is 0 Å². The molecule has 0 aliphatic heterocycles. The first-order valence-electron chi connectivity index (χ1n) is 5.22. The van der Waals surface area contributed by atoms with Crippen molar-refractivity contribution in [2.24, 2.45) is 0 Å². The molecule has 0 radical (unpaired) electrons. The third-order valence-electron chi connectivity index (χ3n) is 2.92. The van der Waals surface area contributed by atoms with Gasteiger partial charge >= 0.3 is 0 Å². The largest absolute Gasteiger partial charge is 0.394 e. The molecule has 0 saturated heterocycles. The van der Waals surface area contributed by atoms with Gasteiger partial charge in [0.15, 0.2) is 0 Å². The number of nitrogens with zero attached hydrogens (tertiary/aromatic N) is 2. The number of aliphatic hydroxyl groups excluding tert-OH is 1. The van der Waals surface area contributed by atoms with E-state index in [2.05, 4.69) is 15.3 Å². The summed E-state index contributed by atoms with van der Waals surface area (Å²) >= 11 is 0. The van der Waals surface area contributed by atoms with Gasteiger partial charge in [0.05, 0.1) is 12.1 Å². The van der Waals surface area contributed by atoms with E-state index in [0.29, 0.717) is 11.8 Å². The Bertz CT molecular complexity index is 336. The average Bonchev–Trinajstić information content (AvgIpc) is 2.67. The van der Waals surface area contributed by atoms with Crippen LogP contribution in [0.4, 0.5) is 11.8 Å². The summed E-state index contributed by atoms with van der Waals surface area (Å²) < 4.78 is 0. The molecule has 82 valence electrons. The summed E-state index contributed by atoms with van der Waals surface area (Å²) in [4.78, 5) is 8.16. The molecule has 5 nitrogen and oxygen atoms in total. The molecule has 0 amide bonds. The fourth-order valence-corrected chi connectivity index (χ4v) is 2.04. The van der Waals surface area contributed by atoms with Crippen molar-refractivity contribution in [2.75, 3.05) is 17.7 Å². The molecule has 0 bridgehead atoms. The van der Waals surface area contributed by atoms with Crippen molar-refractivity contribution in [3.8, 4) is 0 Å². The molecule has 4 N–H and O–H groups in total. The topological polar surface area (TPSA) is 84.1 Å². The zero-order valence-corrected chi connectivity index (χ0v) is 8.61. The Kier molecular flexibility index (Phi) is 2.73. The van der Waals surface area contributed by atoms with E-state index in [0.717, 1.165) is 25.7 Å². The Morgan fingerprint density at radius 2 is 2.20 bits per heavy atom. The van der Waals surface area contributed by atoms with Crippen molar-refractivity contribution >= 4 is 11.8 Å². The molecule has 0 unspecified atom stereocenters. The first kappa shape index (κ1) is 10.2. The SMILES string of the molecule is Nc1ccnc(NC2(CO)CCCC2)n1. The lowest BCUT2D eigenvalue weighted by molar-refractivity contribution is 0.213. The minimum Gasteiger partial charge on any atom is -0.394 e. The molecule has 5 heteroatoms. The minimum atomic E-state index is -0.242. The molecule has 1 heterocycles. The first-order valence-corrected chi connectivity index (χ1v) is 5.22. The van der Waals surface area contributed by atoms with Crippen LogP contribution in [0.5, 0.6) is 0 Å². The van der Waals surface area contributed by atoms with Gasteiger partial charge in [-0.1, -0.05) is 12.8 Å². The fourth-order valence-electron chi connectivity index (χ4n) is 2.04. The summed E-state index contributed by atoms with van der Waals surface area (Å²) in [5.41, 5.74) is 5.32. The lowest BCUT2D eigenvalue weighted by Gasteiger charge is -2.27. The van der Waals surface area contributed by atoms with Gasteiger partial charge < -0.3 is 16.2 Å². The third-order valence-corrected chi connectivity index (χ3v) is 2.92. The van der Waals surface area contributed by atoms with E-state index in [4.69, 9.17) is 5.73 Å². The standard InChI is InChI=1S/C10H16N4O/c11-8-3-6-12-9(13-8)14-10(7-15)4-1-2-5-10/h3,6,15H,1-2,4-5,7H2,(H3,11,12,13,14). The number of aliphatic hydroxyl groups is 1. The van der Waals surface area contributed by atoms with Gasteiger partial charge in [0.1, 0.15) is 5.82 Å². The van der Waals surface area contributed by atoms with E-state index in [9.17, 15) is 5.11 Å². The maximum absolute atomic E-state index is 9.40. The van der Waals surface area contributed by atoms with Crippen LogP contribution in [-0.4, -0.2) is 27.2 Å². The highest BCUT2D eigenvalue weighted by Gasteiger charge is 2.33. The monoisotopic (exact) mass is 208 g/mol. The molecule has 1 aromatic heterocycles. The maximum Gasteiger partial charge on any atom is 0.225 e. The van der Waals surface area contributed by atoms with Gasteiger partial charge in [0, 0.05) is 6.20 Å². The van der Waals surface area contributed by atoms with Crippen LogP contribution in [0, 0.1) is 0 Å². The number of nitrogen functional groups attached to an aromatic ring is 1. The van der Waals surface area contributed by atoms with Crippen molar-refractivity contribution in [3.05, 3.63) is 12.3 Å². The van der Waals surface area contributed by atoms with Crippen LogP contribution in [0.15, 0.2) is 12.3 Å².